The molecule has 9 heteroatoms. The highest BCUT2D eigenvalue weighted by molar-refractivity contribution is 6.33. The summed E-state index contributed by atoms with van der Waals surface area (Å²) in [6.07, 6.45) is 1.40. The van der Waals surface area contributed by atoms with Crippen LogP contribution in [0.3, 0.4) is 0 Å². The van der Waals surface area contributed by atoms with E-state index in [1.807, 2.05) is 0 Å². The van der Waals surface area contributed by atoms with Gasteiger partial charge in [0, 0.05) is 0 Å². The number of halogens is 1. The SMILES string of the molecule is COC(=O)c1ccc(Cl)c(Nc2ccc(NC(=O)c3ccco3)nn2)c1. The molecule has 0 saturated heterocycles. The molecule has 0 aliphatic carbocycles. The molecule has 3 rings (SSSR count). The van der Waals surface area contributed by atoms with Gasteiger partial charge in [-0.3, -0.25) is 4.79 Å². The van der Waals surface area contributed by atoms with Crippen LogP contribution in [0.25, 0.3) is 0 Å². The molecule has 3 aromatic rings. The molecule has 8 nitrogen and oxygen atoms in total. The summed E-state index contributed by atoms with van der Waals surface area (Å²) in [6.45, 7) is 0. The van der Waals surface area contributed by atoms with Crippen LogP contribution in [0.2, 0.25) is 5.02 Å². The Balaban J connectivity index is 1.71. The predicted molar refractivity (Wildman–Crippen MR) is 94.8 cm³/mol. The van der Waals surface area contributed by atoms with Crippen molar-refractivity contribution in [3.05, 3.63) is 65.1 Å². The van der Waals surface area contributed by atoms with Crippen molar-refractivity contribution in [3.8, 4) is 0 Å². The lowest BCUT2D eigenvalue weighted by molar-refractivity contribution is 0.0600. The summed E-state index contributed by atoms with van der Waals surface area (Å²) in [5.41, 5.74) is 0.811. The second kappa shape index (κ2) is 7.66. The Labute approximate surface area is 153 Å². The summed E-state index contributed by atoms with van der Waals surface area (Å²) in [5.74, 6) is -0.109. The number of esters is 1. The van der Waals surface area contributed by atoms with Gasteiger partial charge in [-0.2, -0.15) is 0 Å². The van der Waals surface area contributed by atoms with Crippen molar-refractivity contribution in [2.45, 2.75) is 0 Å². The van der Waals surface area contributed by atoms with Gasteiger partial charge in [0.25, 0.3) is 5.91 Å². The van der Waals surface area contributed by atoms with Crippen LogP contribution < -0.4 is 10.6 Å². The van der Waals surface area contributed by atoms with Crippen molar-refractivity contribution in [1.82, 2.24) is 10.2 Å². The molecule has 132 valence electrons. The molecule has 2 N–H and O–H groups in total. The second-order valence-corrected chi connectivity index (χ2v) is 5.45. The summed E-state index contributed by atoms with van der Waals surface area (Å²) in [7, 11) is 1.30. The molecule has 0 radical (unpaired) electrons. The molecule has 0 spiro atoms. The van der Waals surface area contributed by atoms with E-state index in [0.29, 0.717) is 22.1 Å². The number of carbonyl (C=O) groups is 2. The van der Waals surface area contributed by atoms with Gasteiger partial charge >= 0.3 is 5.97 Å². The number of rotatable bonds is 5. The van der Waals surface area contributed by atoms with Crippen molar-refractivity contribution < 1.29 is 18.7 Å². The van der Waals surface area contributed by atoms with E-state index in [9.17, 15) is 9.59 Å². The van der Waals surface area contributed by atoms with Gasteiger partial charge in [0.1, 0.15) is 0 Å². The Morgan fingerprint density at radius 2 is 1.88 bits per heavy atom. The number of ether oxygens (including phenoxy) is 1. The maximum absolute atomic E-state index is 11.9. The van der Waals surface area contributed by atoms with Crippen LogP contribution in [0.5, 0.6) is 0 Å². The summed E-state index contributed by atoms with van der Waals surface area (Å²) >= 11 is 6.12. The van der Waals surface area contributed by atoms with Crippen molar-refractivity contribution >= 4 is 40.8 Å². The van der Waals surface area contributed by atoms with Gasteiger partial charge in [0.05, 0.1) is 29.6 Å². The highest BCUT2D eigenvalue weighted by atomic mass is 35.5. The Morgan fingerprint density at radius 3 is 2.54 bits per heavy atom. The Morgan fingerprint density at radius 1 is 1.12 bits per heavy atom. The first-order valence-corrected chi connectivity index (χ1v) is 7.78. The normalized spacial score (nSPS) is 10.2. The summed E-state index contributed by atoms with van der Waals surface area (Å²) in [6, 6.07) is 11.0. The maximum Gasteiger partial charge on any atom is 0.337 e. The van der Waals surface area contributed by atoms with E-state index < -0.39 is 11.9 Å². The van der Waals surface area contributed by atoms with Crippen molar-refractivity contribution in [2.24, 2.45) is 0 Å². The number of methoxy groups -OCH3 is 1. The zero-order chi connectivity index (χ0) is 18.5. The van der Waals surface area contributed by atoms with E-state index in [1.165, 1.54) is 19.4 Å². The number of nitrogens with one attached hydrogen (secondary N) is 2. The fourth-order valence-electron chi connectivity index (χ4n) is 2.06. The molecule has 0 fully saturated rings. The minimum absolute atomic E-state index is 0.167. The van der Waals surface area contributed by atoms with E-state index >= 15 is 0 Å². The number of furan rings is 1. The number of aromatic nitrogens is 2. The number of amides is 1. The van der Waals surface area contributed by atoms with Crippen LogP contribution in [-0.2, 0) is 4.74 Å². The number of nitrogens with zero attached hydrogens (tertiary/aromatic N) is 2. The predicted octanol–water partition coefficient (Wildman–Crippen LogP) is 3.51. The fourth-order valence-corrected chi connectivity index (χ4v) is 2.22. The summed E-state index contributed by atoms with van der Waals surface area (Å²) < 4.78 is 9.68. The number of hydrogen-bond acceptors (Lipinski definition) is 7. The first-order chi connectivity index (χ1) is 12.6. The number of carbonyl (C=O) groups excluding carboxylic acids is 2. The number of hydrogen-bond donors (Lipinski definition) is 2. The molecule has 0 aliphatic heterocycles. The van der Waals surface area contributed by atoms with Gasteiger partial charge in [-0.1, -0.05) is 11.6 Å². The zero-order valence-corrected chi connectivity index (χ0v) is 14.3. The number of benzene rings is 1. The molecule has 26 heavy (non-hydrogen) atoms. The molecule has 2 heterocycles. The lowest BCUT2D eigenvalue weighted by Gasteiger charge is -2.09. The number of anilines is 3. The van der Waals surface area contributed by atoms with Crippen LogP contribution >= 0.6 is 11.6 Å². The Bertz CT molecular complexity index is 926. The third kappa shape index (κ3) is 3.98. The van der Waals surface area contributed by atoms with E-state index in [1.54, 1.807) is 36.4 Å². The van der Waals surface area contributed by atoms with Gasteiger partial charge in [-0.05, 0) is 42.5 Å². The summed E-state index contributed by atoms with van der Waals surface area (Å²) in [4.78, 5) is 23.5. The van der Waals surface area contributed by atoms with E-state index in [4.69, 9.17) is 16.0 Å². The minimum atomic E-state index is -0.480. The van der Waals surface area contributed by atoms with Crippen LogP contribution in [0.15, 0.2) is 53.1 Å². The van der Waals surface area contributed by atoms with Crippen LogP contribution in [0.4, 0.5) is 17.3 Å². The van der Waals surface area contributed by atoms with Gasteiger partial charge in [-0.25, -0.2) is 4.79 Å². The average molecular weight is 373 g/mol. The zero-order valence-electron chi connectivity index (χ0n) is 13.5. The molecular formula is C17H13ClN4O4. The topological polar surface area (TPSA) is 106 Å². The largest absolute Gasteiger partial charge is 0.465 e. The van der Waals surface area contributed by atoms with Crippen LogP contribution in [0, 0.1) is 0 Å². The Hall–Kier alpha value is -3.39. The molecule has 0 unspecified atom stereocenters. The van der Waals surface area contributed by atoms with Gasteiger partial charge in [0.2, 0.25) is 0 Å². The molecule has 2 aromatic heterocycles. The minimum Gasteiger partial charge on any atom is -0.465 e. The molecule has 0 bridgehead atoms. The lowest BCUT2D eigenvalue weighted by Crippen LogP contribution is -2.12. The molecule has 1 amide bonds. The Kier molecular flexibility index (Phi) is 5.14. The third-order valence-electron chi connectivity index (χ3n) is 3.30. The van der Waals surface area contributed by atoms with Crippen molar-refractivity contribution in [2.75, 3.05) is 17.7 Å². The maximum atomic E-state index is 11.9. The van der Waals surface area contributed by atoms with E-state index in [-0.39, 0.29) is 11.6 Å². The van der Waals surface area contributed by atoms with E-state index in [2.05, 4.69) is 25.6 Å². The van der Waals surface area contributed by atoms with Gasteiger partial charge in [0.15, 0.2) is 17.4 Å². The monoisotopic (exact) mass is 372 g/mol. The average Bonchev–Trinajstić information content (AvgIpc) is 3.19. The van der Waals surface area contributed by atoms with Crippen LogP contribution in [-0.4, -0.2) is 29.2 Å². The van der Waals surface area contributed by atoms with Crippen molar-refractivity contribution in [1.29, 1.82) is 0 Å². The molecule has 1 aromatic carbocycles. The van der Waals surface area contributed by atoms with Crippen LogP contribution in [0.1, 0.15) is 20.9 Å². The first kappa shape index (κ1) is 17.4. The van der Waals surface area contributed by atoms with Gasteiger partial charge < -0.3 is 19.8 Å². The molecular weight excluding hydrogens is 360 g/mol. The molecule has 0 aliphatic rings. The first-order valence-electron chi connectivity index (χ1n) is 7.40. The standard InChI is InChI=1S/C17H13ClN4O4/c1-25-17(24)10-4-5-11(18)12(9-10)19-14-6-7-15(22-21-14)20-16(23)13-3-2-8-26-13/h2-9H,1H3,(H,19,21)(H,20,22,23). The van der Waals surface area contributed by atoms with Gasteiger partial charge in [-0.15, -0.1) is 10.2 Å². The van der Waals surface area contributed by atoms with E-state index in [0.717, 1.165) is 0 Å². The van der Waals surface area contributed by atoms with Crippen molar-refractivity contribution in [3.63, 3.8) is 0 Å². The third-order valence-corrected chi connectivity index (χ3v) is 3.63. The quantitative estimate of drug-likeness (QED) is 0.660. The molecule has 0 saturated carbocycles. The second-order valence-electron chi connectivity index (χ2n) is 5.05. The highest BCUT2D eigenvalue weighted by Gasteiger charge is 2.11. The smallest absolute Gasteiger partial charge is 0.337 e. The highest BCUT2D eigenvalue weighted by Crippen LogP contribution is 2.26. The molecule has 0 atom stereocenters. The fraction of sp³-hybridized carbons (Fsp3) is 0.0588. The lowest BCUT2D eigenvalue weighted by atomic mass is 10.2. The summed E-state index contributed by atoms with van der Waals surface area (Å²) in [5, 5.41) is 13.8.